The second-order valence-electron chi connectivity index (χ2n) is 6.61. The minimum atomic E-state index is -4.01. The van der Waals surface area contributed by atoms with Crippen LogP contribution in [0.5, 0.6) is 5.75 Å². The molecule has 1 N–H and O–H groups in total. The second-order valence-corrected chi connectivity index (χ2v) is 9.46. The zero-order valence-corrected chi connectivity index (χ0v) is 19.0. The second kappa shape index (κ2) is 10.0. The molecule has 162 valence electrons. The van der Waals surface area contributed by atoms with Gasteiger partial charge >= 0.3 is 0 Å². The molecule has 0 aliphatic rings. The summed E-state index contributed by atoms with van der Waals surface area (Å²) in [5.74, 6) is -0.776. The first-order chi connectivity index (χ1) is 14.8. The highest BCUT2D eigenvalue weighted by atomic mass is 79.9. The van der Waals surface area contributed by atoms with E-state index in [9.17, 15) is 17.6 Å². The van der Waals surface area contributed by atoms with Crippen molar-refractivity contribution in [3.8, 4) is 5.75 Å². The number of sulfonamides is 1. The van der Waals surface area contributed by atoms with Gasteiger partial charge in [-0.3, -0.25) is 4.79 Å². The van der Waals surface area contributed by atoms with Gasteiger partial charge in [0, 0.05) is 11.0 Å². The Morgan fingerprint density at radius 2 is 1.74 bits per heavy atom. The molecule has 0 atom stereocenters. The Kier molecular flexibility index (Phi) is 7.42. The topological polar surface area (TPSA) is 75.7 Å². The summed E-state index contributed by atoms with van der Waals surface area (Å²) < 4.78 is 47.3. The van der Waals surface area contributed by atoms with Crippen molar-refractivity contribution in [3.63, 3.8) is 0 Å². The standard InChI is InChI=1S/C22H20BrFN2O4S/c1-30-18-8-10-19(11-9-18)31(28,29)26(14-16-5-3-2-4-6-16)15-22(27)25-21-12-7-17(23)13-20(21)24/h2-13H,14-15H2,1H3,(H,25,27). The maximum Gasteiger partial charge on any atom is 0.243 e. The molecule has 3 aromatic rings. The van der Waals surface area contributed by atoms with E-state index in [1.807, 2.05) is 6.07 Å². The third kappa shape index (κ3) is 5.90. The fourth-order valence-electron chi connectivity index (χ4n) is 2.85. The van der Waals surface area contributed by atoms with Gasteiger partial charge in [-0.15, -0.1) is 0 Å². The minimum absolute atomic E-state index is 0.0202. The van der Waals surface area contributed by atoms with Gasteiger partial charge in [-0.25, -0.2) is 12.8 Å². The number of halogens is 2. The number of rotatable bonds is 8. The highest BCUT2D eigenvalue weighted by Crippen LogP contribution is 2.23. The van der Waals surface area contributed by atoms with Crippen molar-refractivity contribution >= 4 is 37.5 Å². The summed E-state index contributed by atoms with van der Waals surface area (Å²) in [6, 6.07) is 19.0. The number of methoxy groups -OCH3 is 1. The molecule has 0 bridgehead atoms. The van der Waals surface area contributed by atoms with Crippen LogP contribution in [0.15, 0.2) is 82.2 Å². The summed E-state index contributed by atoms with van der Waals surface area (Å²) in [5.41, 5.74) is 0.678. The van der Waals surface area contributed by atoms with Crippen LogP contribution < -0.4 is 10.1 Å². The number of ether oxygens (including phenoxy) is 1. The monoisotopic (exact) mass is 506 g/mol. The summed E-state index contributed by atoms with van der Waals surface area (Å²) in [6.07, 6.45) is 0. The summed E-state index contributed by atoms with van der Waals surface area (Å²) in [7, 11) is -2.53. The van der Waals surface area contributed by atoms with Crippen LogP contribution in [-0.4, -0.2) is 32.3 Å². The number of hydrogen-bond donors (Lipinski definition) is 1. The molecule has 0 fully saturated rings. The highest BCUT2D eigenvalue weighted by molar-refractivity contribution is 9.10. The van der Waals surface area contributed by atoms with E-state index in [4.69, 9.17) is 4.74 Å². The smallest absolute Gasteiger partial charge is 0.243 e. The van der Waals surface area contributed by atoms with Crippen LogP contribution in [0.2, 0.25) is 0 Å². The molecule has 31 heavy (non-hydrogen) atoms. The van der Waals surface area contributed by atoms with Gasteiger partial charge in [-0.05, 0) is 48.0 Å². The molecule has 0 saturated carbocycles. The first-order valence-electron chi connectivity index (χ1n) is 9.22. The molecule has 3 aromatic carbocycles. The number of carbonyl (C=O) groups excluding carboxylic acids is 1. The Morgan fingerprint density at radius 1 is 1.06 bits per heavy atom. The van der Waals surface area contributed by atoms with Crippen LogP contribution in [0.4, 0.5) is 10.1 Å². The Balaban J connectivity index is 1.87. The molecule has 0 aliphatic carbocycles. The van der Waals surface area contributed by atoms with Gasteiger partial charge in [0.15, 0.2) is 0 Å². The van der Waals surface area contributed by atoms with Crippen molar-refractivity contribution < 1.29 is 22.3 Å². The Bertz CT molecular complexity index is 1160. The van der Waals surface area contributed by atoms with Crippen molar-refractivity contribution in [2.45, 2.75) is 11.4 Å². The first kappa shape index (κ1) is 22.9. The zero-order valence-electron chi connectivity index (χ0n) is 16.6. The number of nitrogens with zero attached hydrogens (tertiary/aromatic N) is 1. The lowest BCUT2D eigenvalue weighted by Crippen LogP contribution is -2.37. The van der Waals surface area contributed by atoms with E-state index in [-0.39, 0.29) is 17.1 Å². The van der Waals surface area contributed by atoms with Crippen LogP contribution in [-0.2, 0) is 21.4 Å². The van der Waals surface area contributed by atoms with Gasteiger partial charge in [0.05, 0.1) is 24.2 Å². The maximum atomic E-state index is 14.1. The van der Waals surface area contributed by atoms with E-state index in [1.165, 1.54) is 43.5 Å². The number of amides is 1. The quantitative estimate of drug-likeness (QED) is 0.490. The van der Waals surface area contributed by atoms with Gasteiger partial charge in [0.25, 0.3) is 0 Å². The van der Waals surface area contributed by atoms with Crippen LogP contribution in [0.1, 0.15) is 5.56 Å². The third-order valence-electron chi connectivity index (χ3n) is 4.42. The lowest BCUT2D eigenvalue weighted by Gasteiger charge is -2.22. The van der Waals surface area contributed by atoms with Crippen LogP contribution >= 0.6 is 15.9 Å². The molecular weight excluding hydrogens is 487 g/mol. The van der Waals surface area contributed by atoms with Crippen molar-refractivity contribution in [1.29, 1.82) is 0 Å². The number of hydrogen-bond acceptors (Lipinski definition) is 4. The minimum Gasteiger partial charge on any atom is -0.497 e. The number of nitrogens with one attached hydrogen (secondary N) is 1. The fraction of sp³-hybridized carbons (Fsp3) is 0.136. The van der Waals surface area contributed by atoms with Crippen molar-refractivity contribution in [2.24, 2.45) is 0 Å². The Labute approximate surface area is 188 Å². The maximum absolute atomic E-state index is 14.1. The zero-order chi connectivity index (χ0) is 22.4. The lowest BCUT2D eigenvalue weighted by atomic mass is 10.2. The molecule has 0 aliphatic heterocycles. The Morgan fingerprint density at radius 3 is 2.35 bits per heavy atom. The molecule has 0 aromatic heterocycles. The molecule has 0 saturated heterocycles. The van der Waals surface area contributed by atoms with E-state index >= 15 is 0 Å². The largest absolute Gasteiger partial charge is 0.497 e. The first-order valence-corrected chi connectivity index (χ1v) is 11.5. The van der Waals surface area contributed by atoms with Crippen LogP contribution in [0.3, 0.4) is 0 Å². The molecule has 1 amide bonds. The van der Waals surface area contributed by atoms with E-state index in [2.05, 4.69) is 21.2 Å². The van der Waals surface area contributed by atoms with Gasteiger partial charge < -0.3 is 10.1 Å². The number of carbonyl (C=O) groups is 1. The van der Waals surface area contributed by atoms with E-state index in [1.54, 1.807) is 30.3 Å². The molecule has 0 radical (unpaired) electrons. The van der Waals surface area contributed by atoms with Gasteiger partial charge in [-0.1, -0.05) is 46.3 Å². The molecule has 9 heteroatoms. The fourth-order valence-corrected chi connectivity index (χ4v) is 4.57. The summed E-state index contributed by atoms with van der Waals surface area (Å²) >= 11 is 3.15. The summed E-state index contributed by atoms with van der Waals surface area (Å²) in [6.45, 7) is -0.510. The average molecular weight is 507 g/mol. The van der Waals surface area contributed by atoms with Crippen LogP contribution in [0.25, 0.3) is 0 Å². The van der Waals surface area contributed by atoms with E-state index in [0.717, 1.165) is 4.31 Å². The predicted molar refractivity (Wildman–Crippen MR) is 120 cm³/mol. The van der Waals surface area contributed by atoms with Crippen molar-refractivity contribution in [3.05, 3.63) is 88.6 Å². The lowest BCUT2D eigenvalue weighted by molar-refractivity contribution is -0.116. The number of benzene rings is 3. The van der Waals surface area contributed by atoms with Crippen molar-refractivity contribution in [2.75, 3.05) is 19.0 Å². The highest BCUT2D eigenvalue weighted by Gasteiger charge is 2.27. The molecule has 6 nitrogen and oxygen atoms in total. The van der Waals surface area contributed by atoms with E-state index in [0.29, 0.717) is 15.8 Å². The summed E-state index contributed by atoms with van der Waals surface area (Å²) in [4.78, 5) is 12.6. The molecule has 0 spiro atoms. The van der Waals surface area contributed by atoms with Gasteiger partial charge in [0.1, 0.15) is 11.6 Å². The molecule has 3 rings (SSSR count). The number of anilines is 1. The summed E-state index contributed by atoms with van der Waals surface area (Å²) in [5, 5.41) is 2.43. The van der Waals surface area contributed by atoms with Crippen molar-refractivity contribution in [1.82, 2.24) is 4.31 Å². The average Bonchev–Trinajstić information content (AvgIpc) is 2.76. The molecular formula is C22H20BrFN2O4S. The molecule has 0 heterocycles. The van der Waals surface area contributed by atoms with E-state index < -0.39 is 28.3 Å². The molecule has 0 unspecified atom stereocenters. The van der Waals surface area contributed by atoms with Gasteiger partial charge in [0.2, 0.25) is 15.9 Å². The van der Waals surface area contributed by atoms with Gasteiger partial charge in [-0.2, -0.15) is 4.31 Å². The SMILES string of the molecule is COc1ccc(S(=O)(=O)N(CC(=O)Nc2ccc(Br)cc2F)Cc2ccccc2)cc1. The van der Waals surface area contributed by atoms with Crippen LogP contribution in [0, 0.1) is 5.82 Å². The normalized spacial score (nSPS) is 11.4. The third-order valence-corrected chi connectivity index (χ3v) is 6.72. The Hall–Kier alpha value is -2.75. The predicted octanol–water partition coefficient (Wildman–Crippen LogP) is 4.43.